The standard InChI is InChI=1S/C19H26N4O4/c1-4-10-19(14-8-6-5-7-9-14)16(25)23(18(27)22-19)12-15(24)21-17(26)20-11-13(2)3/h5-9,13H,4,10-12H2,1-3H3,(H,22,27)(H2,20,21,24,26)/t19-/m1/s1. The van der Waals surface area contributed by atoms with Crippen LogP contribution in [0, 0.1) is 5.92 Å². The van der Waals surface area contributed by atoms with Crippen molar-refractivity contribution in [1.82, 2.24) is 20.9 Å². The number of imide groups is 2. The lowest BCUT2D eigenvalue weighted by atomic mass is 9.85. The summed E-state index contributed by atoms with van der Waals surface area (Å²) in [7, 11) is 0. The van der Waals surface area contributed by atoms with E-state index in [1.807, 2.05) is 26.8 Å². The maximum atomic E-state index is 13.0. The first kappa shape index (κ1) is 20.4. The number of hydrogen-bond acceptors (Lipinski definition) is 4. The Balaban J connectivity index is 2.10. The highest BCUT2D eigenvalue weighted by Crippen LogP contribution is 2.33. The Hall–Kier alpha value is -2.90. The molecular formula is C19H26N4O4. The van der Waals surface area contributed by atoms with E-state index in [9.17, 15) is 19.2 Å². The Morgan fingerprint density at radius 3 is 2.44 bits per heavy atom. The number of nitrogens with one attached hydrogen (secondary N) is 3. The van der Waals surface area contributed by atoms with Gasteiger partial charge in [0, 0.05) is 6.54 Å². The third kappa shape index (κ3) is 4.64. The van der Waals surface area contributed by atoms with Crippen LogP contribution in [0.1, 0.15) is 39.2 Å². The normalized spacial score (nSPS) is 19.2. The number of carbonyl (C=O) groups is 4. The Morgan fingerprint density at radius 2 is 1.85 bits per heavy atom. The first-order chi connectivity index (χ1) is 12.8. The van der Waals surface area contributed by atoms with Gasteiger partial charge in [-0.15, -0.1) is 0 Å². The zero-order chi connectivity index (χ0) is 20.0. The van der Waals surface area contributed by atoms with E-state index in [4.69, 9.17) is 0 Å². The highest BCUT2D eigenvalue weighted by atomic mass is 16.2. The van der Waals surface area contributed by atoms with Crippen LogP contribution in [0.25, 0.3) is 0 Å². The average Bonchev–Trinajstić information content (AvgIpc) is 2.86. The summed E-state index contributed by atoms with van der Waals surface area (Å²) in [5, 5.41) is 7.43. The van der Waals surface area contributed by atoms with Crippen molar-refractivity contribution < 1.29 is 19.2 Å². The second-order valence-corrected chi connectivity index (χ2v) is 6.99. The predicted molar refractivity (Wildman–Crippen MR) is 99.7 cm³/mol. The monoisotopic (exact) mass is 374 g/mol. The third-order valence-electron chi connectivity index (χ3n) is 4.29. The predicted octanol–water partition coefficient (Wildman–Crippen LogP) is 1.72. The maximum Gasteiger partial charge on any atom is 0.325 e. The van der Waals surface area contributed by atoms with Gasteiger partial charge < -0.3 is 10.6 Å². The van der Waals surface area contributed by atoms with Crippen LogP contribution in [0.5, 0.6) is 0 Å². The molecule has 0 aromatic heterocycles. The molecule has 1 atom stereocenters. The molecule has 1 fully saturated rings. The van der Waals surface area contributed by atoms with Crippen molar-refractivity contribution >= 4 is 23.9 Å². The van der Waals surface area contributed by atoms with Gasteiger partial charge in [0.2, 0.25) is 5.91 Å². The minimum Gasteiger partial charge on any atom is -0.338 e. The molecule has 1 aromatic carbocycles. The Kier molecular flexibility index (Phi) is 6.55. The molecular weight excluding hydrogens is 348 g/mol. The Bertz CT molecular complexity index is 720. The summed E-state index contributed by atoms with van der Waals surface area (Å²) >= 11 is 0. The van der Waals surface area contributed by atoms with Crippen molar-refractivity contribution in [2.24, 2.45) is 5.92 Å². The number of urea groups is 2. The SMILES string of the molecule is CCC[C@]1(c2ccccc2)NC(=O)N(CC(=O)NC(=O)NCC(C)C)C1=O. The van der Waals surface area contributed by atoms with Gasteiger partial charge in [0.05, 0.1) is 0 Å². The lowest BCUT2D eigenvalue weighted by Gasteiger charge is -2.26. The van der Waals surface area contributed by atoms with Crippen molar-refractivity contribution in [1.29, 1.82) is 0 Å². The summed E-state index contributed by atoms with van der Waals surface area (Å²) in [6, 6.07) is 7.67. The summed E-state index contributed by atoms with van der Waals surface area (Å²) in [6.45, 7) is 5.66. The zero-order valence-electron chi connectivity index (χ0n) is 15.9. The van der Waals surface area contributed by atoms with Gasteiger partial charge in [0.15, 0.2) is 0 Å². The third-order valence-corrected chi connectivity index (χ3v) is 4.29. The number of nitrogens with zero attached hydrogens (tertiary/aromatic N) is 1. The number of benzene rings is 1. The van der Waals surface area contributed by atoms with E-state index in [-0.39, 0.29) is 5.92 Å². The second kappa shape index (κ2) is 8.66. The lowest BCUT2D eigenvalue weighted by molar-refractivity contribution is -0.135. The Labute approximate surface area is 158 Å². The fraction of sp³-hybridized carbons (Fsp3) is 0.474. The van der Waals surface area contributed by atoms with E-state index in [1.54, 1.807) is 24.3 Å². The van der Waals surface area contributed by atoms with Gasteiger partial charge in [-0.1, -0.05) is 57.5 Å². The van der Waals surface area contributed by atoms with Crippen molar-refractivity contribution in [2.75, 3.05) is 13.1 Å². The molecule has 1 saturated heterocycles. The lowest BCUT2D eigenvalue weighted by Crippen LogP contribution is -2.47. The average molecular weight is 374 g/mol. The van der Waals surface area contributed by atoms with E-state index < -0.39 is 36.0 Å². The van der Waals surface area contributed by atoms with E-state index in [0.717, 1.165) is 4.90 Å². The van der Waals surface area contributed by atoms with E-state index in [0.29, 0.717) is 24.9 Å². The van der Waals surface area contributed by atoms with Crippen LogP contribution in [-0.4, -0.2) is 41.9 Å². The molecule has 1 aromatic rings. The molecule has 0 bridgehead atoms. The van der Waals surface area contributed by atoms with E-state index in [1.165, 1.54) is 0 Å². The minimum atomic E-state index is -1.19. The molecule has 0 unspecified atom stereocenters. The molecule has 0 radical (unpaired) electrons. The molecule has 1 aliphatic heterocycles. The van der Waals surface area contributed by atoms with Gasteiger partial charge in [-0.25, -0.2) is 9.59 Å². The molecule has 8 heteroatoms. The molecule has 0 saturated carbocycles. The van der Waals surface area contributed by atoms with Crippen LogP contribution < -0.4 is 16.0 Å². The van der Waals surface area contributed by atoms with Gasteiger partial charge >= 0.3 is 12.1 Å². The van der Waals surface area contributed by atoms with Gasteiger partial charge in [0.1, 0.15) is 12.1 Å². The molecule has 27 heavy (non-hydrogen) atoms. The summed E-state index contributed by atoms with van der Waals surface area (Å²) in [4.78, 5) is 50.1. The summed E-state index contributed by atoms with van der Waals surface area (Å²) in [5.41, 5.74) is -0.518. The topological polar surface area (TPSA) is 108 Å². The maximum absolute atomic E-state index is 13.0. The second-order valence-electron chi connectivity index (χ2n) is 6.99. The van der Waals surface area contributed by atoms with Crippen LogP contribution >= 0.6 is 0 Å². The number of amides is 6. The van der Waals surface area contributed by atoms with Crippen LogP contribution in [0.2, 0.25) is 0 Å². The molecule has 8 nitrogen and oxygen atoms in total. The first-order valence-corrected chi connectivity index (χ1v) is 9.07. The Morgan fingerprint density at radius 1 is 1.19 bits per heavy atom. The molecule has 1 heterocycles. The van der Waals surface area contributed by atoms with Crippen molar-refractivity contribution in [3.8, 4) is 0 Å². The molecule has 3 N–H and O–H groups in total. The van der Waals surface area contributed by atoms with Crippen LogP contribution in [0.15, 0.2) is 30.3 Å². The number of hydrogen-bond donors (Lipinski definition) is 3. The quantitative estimate of drug-likeness (QED) is 0.632. The van der Waals surface area contributed by atoms with Crippen molar-refractivity contribution in [2.45, 2.75) is 39.2 Å². The first-order valence-electron chi connectivity index (χ1n) is 9.07. The summed E-state index contributed by atoms with van der Waals surface area (Å²) in [6.07, 6.45) is 1.08. The molecule has 6 amide bonds. The van der Waals surface area contributed by atoms with Crippen molar-refractivity contribution in [3.63, 3.8) is 0 Å². The van der Waals surface area contributed by atoms with Gasteiger partial charge in [0.25, 0.3) is 5.91 Å². The van der Waals surface area contributed by atoms with Gasteiger partial charge in [-0.3, -0.25) is 19.8 Å². The fourth-order valence-corrected chi connectivity index (χ4v) is 3.03. The van der Waals surface area contributed by atoms with Crippen LogP contribution in [-0.2, 0) is 15.1 Å². The molecule has 1 aliphatic rings. The van der Waals surface area contributed by atoms with Crippen molar-refractivity contribution in [3.05, 3.63) is 35.9 Å². The molecule has 146 valence electrons. The van der Waals surface area contributed by atoms with Crippen LogP contribution in [0.3, 0.4) is 0 Å². The minimum absolute atomic E-state index is 0.234. The molecule has 2 rings (SSSR count). The fourth-order valence-electron chi connectivity index (χ4n) is 3.03. The molecule has 0 aliphatic carbocycles. The highest BCUT2D eigenvalue weighted by Gasteiger charge is 2.52. The van der Waals surface area contributed by atoms with Gasteiger partial charge in [-0.2, -0.15) is 0 Å². The van der Waals surface area contributed by atoms with E-state index in [2.05, 4.69) is 16.0 Å². The number of rotatable bonds is 7. The van der Waals surface area contributed by atoms with Gasteiger partial charge in [-0.05, 0) is 17.9 Å². The smallest absolute Gasteiger partial charge is 0.325 e. The zero-order valence-corrected chi connectivity index (χ0v) is 15.9. The summed E-state index contributed by atoms with van der Waals surface area (Å²) in [5.74, 6) is -0.976. The largest absolute Gasteiger partial charge is 0.338 e. The highest BCUT2D eigenvalue weighted by molar-refractivity contribution is 6.10. The molecule has 0 spiro atoms. The number of carbonyl (C=O) groups excluding carboxylic acids is 4. The van der Waals surface area contributed by atoms with E-state index >= 15 is 0 Å². The summed E-state index contributed by atoms with van der Waals surface area (Å²) < 4.78 is 0. The van der Waals surface area contributed by atoms with Crippen LogP contribution in [0.4, 0.5) is 9.59 Å².